The smallest absolute Gasteiger partial charge is 0.241 e. The van der Waals surface area contributed by atoms with Crippen LogP contribution in [0.4, 0.5) is 0 Å². The second kappa shape index (κ2) is 6.46. The zero-order valence-corrected chi connectivity index (χ0v) is 14.8. The van der Waals surface area contributed by atoms with Crippen LogP contribution in [0.25, 0.3) is 0 Å². The Kier molecular flexibility index (Phi) is 4.55. The van der Waals surface area contributed by atoms with Crippen molar-refractivity contribution in [1.82, 2.24) is 5.32 Å². The van der Waals surface area contributed by atoms with Crippen LogP contribution < -0.4 is 11.1 Å². The van der Waals surface area contributed by atoms with Gasteiger partial charge in [0.1, 0.15) is 6.04 Å². The third-order valence-corrected chi connectivity index (χ3v) is 5.31. The molecule has 3 N–H and O–H groups in total. The molecule has 0 bridgehead atoms. The van der Waals surface area contributed by atoms with Gasteiger partial charge in [-0.15, -0.1) is 0 Å². The first-order valence-electron chi connectivity index (χ1n) is 7.87. The largest absolute Gasteiger partial charge is 0.354 e. The number of aryl methyl sites for hydroxylation is 1. The van der Waals surface area contributed by atoms with E-state index in [9.17, 15) is 4.79 Å². The Morgan fingerprint density at radius 1 is 1.22 bits per heavy atom. The molecule has 1 fully saturated rings. The number of amides is 1. The molecule has 1 aliphatic rings. The Balaban J connectivity index is 1.65. The van der Waals surface area contributed by atoms with Gasteiger partial charge in [0, 0.05) is 16.4 Å². The van der Waals surface area contributed by atoms with Gasteiger partial charge in [-0.1, -0.05) is 64.0 Å². The van der Waals surface area contributed by atoms with E-state index < -0.39 is 6.04 Å². The topological polar surface area (TPSA) is 55.1 Å². The van der Waals surface area contributed by atoms with Crippen LogP contribution in [0.3, 0.4) is 0 Å². The van der Waals surface area contributed by atoms with Crippen LogP contribution in [0.15, 0.2) is 53.0 Å². The number of nitrogens with one attached hydrogen (secondary N) is 1. The van der Waals surface area contributed by atoms with Crippen LogP contribution in [0.1, 0.15) is 35.6 Å². The molecule has 0 heterocycles. The van der Waals surface area contributed by atoms with E-state index in [1.54, 1.807) is 0 Å². The molecule has 120 valence electrons. The number of nitrogens with two attached hydrogens (primary N) is 1. The summed E-state index contributed by atoms with van der Waals surface area (Å²) in [6, 6.07) is 15.4. The fraction of sp³-hybridized carbons (Fsp3) is 0.316. The summed E-state index contributed by atoms with van der Waals surface area (Å²) in [6.45, 7) is 2.65. The summed E-state index contributed by atoms with van der Waals surface area (Å²) in [7, 11) is 0. The quantitative estimate of drug-likeness (QED) is 0.842. The van der Waals surface area contributed by atoms with E-state index in [2.05, 4.69) is 33.4 Å². The van der Waals surface area contributed by atoms with Crippen LogP contribution in [-0.4, -0.2) is 12.5 Å². The number of halogens is 1. The minimum atomic E-state index is -0.620. The molecule has 3 nitrogen and oxygen atoms in total. The van der Waals surface area contributed by atoms with Gasteiger partial charge in [0.15, 0.2) is 0 Å². The van der Waals surface area contributed by atoms with Gasteiger partial charge in [0.25, 0.3) is 0 Å². The predicted octanol–water partition coefficient (Wildman–Crippen LogP) is 3.61. The van der Waals surface area contributed by atoms with Crippen LogP contribution in [0, 0.1) is 6.92 Å². The van der Waals surface area contributed by atoms with Crippen molar-refractivity contribution in [2.45, 2.75) is 31.2 Å². The Morgan fingerprint density at radius 3 is 2.48 bits per heavy atom. The van der Waals surface area contributed by atoms with Crippen molar-refractivity contribution in [2.24, 2.45) is 5.73 Å². The maximum atomic E-state index is 12.4. The van der Waals surface area contributed by atoms with E-state index in [0.29, 0.717) is 6.54 Å². The number of hydrogen-bond donors (Lipinski definition) is 2. The van der Waals surface area contributed by atoms with Crippen molar-refractivity contribution < 1.29 is 4.79 Å². The van der Waals surface area contributed by atoms with Gasteiger partial charge in [-0.2, -0.15) is 0 Å². The van der Waals surface area contributed by atoms with Crippen LogP contribution >= 0.6 is 15.9 Å². The molecule has 0 radical (unpaired) electrons. The first-order valence-corrected chi connectivity index (χ1v) is 8.66. The molecule has 0 spiro atoms. The molecule has 0 aliphatic heterocycles. The Morgan fingerprint density at radius 2 is 1.87 bits per heavy atom. The normalized spacial score (nSPS) is 16.7. The minimum Gasteiger partial charge on any atom is -0.354 e. The molecule has 0 aromatic heterocycles. The van der Waals surface area contributed by atoms with E-state index in [1.807, 2.05) is 43.3 Å². The van der Waals surface area contributed by atoms with Gasteiger partial charge in [-0.05, 0) is 37.0 Å². The number of benzene rings is 2. The summed E-state index contributed by atoms with van der Waals surface area (Å²) in [4.78, 5) is 12.4. The summed E-state index contributed by atoms with van der Waals surface area (Å²) in [5.74, 6) is -0.118. The van der Waals surface area contributed by atoms with Crippen molar-refractivity contribution in [3.8, 4) is 0 Å². The first kappa shape index (κ1) is 16.2. The van der Waals surface area contributed by atoms with Crippen molar-refractivity contribution in [3.63, 3.8) is 0 Å². The van der Waals surface area contributed by atoms with Crippen LogP contribution in [-0.2, 0) is 10.2 Å². The molecule has 1 aliphatic carbocycles. The maximum Gasteiger partial charge on any atom is 0.241 e. The third kappa shape index (κ3) is 3.48. The average molecular weight is 373 g/mol. The van der Waals surface area contributed by atoms with Crippen LogP contribution in [0.2, 0.25) is 0 Å². The second-order valence-electron chi connectivity index (χ2n) is 6.37. The van der Waals surface area contributed by atoms with Gasteiger partial charge in [-0.25, -0.2) is 0 Å². The molecule has 3 rings (SSSR count). The van der Waals surface area contributed by atoms with E-state index >= 15 is 0 Å². The Labute approximate surface area is 145 Å². The zero-order valence-electron chi connectivity index (χ0n) is 13.2. The maximum absolute atomic E-state index is 12.4. The van der Waals surface area contributed by atoms with Crippen LogP contribution in [0.5, 0.6) is 0 Å². The molecular weight excluding hydrogens is 352 g/mol. The molecule has 1 saturated carbocycles. The summed E-state index contributed by atoms with van der Waals surface area (Å²) in [5, 5.41) is 3.04. The van der Waals surface area contributed by atoms with Gasteiger partial charge in [0.05, 0.1) is 0 Å². The highest BCUT2D eigenvalue weighted by molar-refractivity contribution is 9.10. The summed E-state index contributed by atoms with van der Waals surface area (Å²) in [6.07, 6.45) is 2.19. The number of carbonyl (C=O) groups excluding carboxylic acids is 1. The van der Waals surface area contributed by atoms with Crippen molar-refractivity contribution >= 4 is 21.8 Å². The standard InChI is InChI=1S/C19H21BrN2O/c1-13-6-8-14(9-7-13)17(21)18(23)22-12-19(10-11-19)15-4-2-3-5-16(15)20/h2-9,17H,10-12,21H2,1H3,(H,22,23). The van der Waals surface area contributed by atoms with E-state index in [1.165, 1.54) is 5.56 Å². The number of hydrogen-bond acceptors (Lipinski definition) is 2. The summed E-state index contributed by atoms with van der Waals surface area (Å²) < 4.78 is 1.11. The molecule has 2 aromatic rings. The minimum absolute atomic E-state index is 0.0583. The Bertz CT molecular complexity index is 708. The predicted molar refractivity (Wildman–Crippen MR) is 96.2 cm³/mol. The fourth-order valence-electron chi connectivity index (χ4n) is 2.87. The number of rotatable bonds is 5. The lowest BCUT2D eigenvalue weighted by Gasteiger charge is -2.20. The third-order valence-electron chi connectivity index (χ3n) is 4.62. The molecule has 4 heteroatoms. The lowest BCUT2D eigenvalue weighted by atomic mass is 9.95. The zero-order chi connectivity index (χ0) is 16.4. The van der Waals surface area contributed by atoms with Gasteiger partial charge in [0.2, 0.25) is 5.91 Å². The summed E-state index contributed by atoms with van der Waals surface area (Å²) in [5.41, 5.74) is 9.42. The highest BCUT2D eigenvalue weighted by Crippen LogP contribution is 2.49. The molecule has 1 atom stereocenters. The van der Waals surface area contributed by atoms with E-state index in [-0.39, 0.29) is 11.3 Å². The molecule has 1 unspecified atom stereocenters. The molecule has 0 saturated heterocycles. The van der Waals surface area contributed by atoms with Crippen molar-refractivity contribution in [2.75, 3.05) is 6.54 Å². The second-order valence-corrected chi connectivity index (χ2v) is 7.22. The van der Waals surface area contributed by atoms with Crippen molar-refractivity contribution in [3.05, 3.63) is 69.7 Å². The highest BCUT2D eigenvalue weighted by Gasteiger charge is 2.45. The van der Waals surface area contributed by atoms with Gasteiger partial charge >= 0.3 is 0 Å². The molecular formula is C19H21BrN2O. The van der Waals surface area contributed by atoms with Gasteiger partial charge < -0.3 is 11.1 Å². The summed E-state index contributed by atoms with van der Waals surface area (Å²) >= 11 is 3.61. The molecule has 23 heavy (non-hydrogen) atoms. The lowest BCUT2D eigenvalue weighted by molar-refractivity contribution is -0.122. The fourth-order valence-corrected chi connectivity index (χ4v) is 3.58. The average Bonchev–Trinajstić information content (AvgIpc) is 3.34. The van der Waals surface area contributed by atoms with E-state index in [4.69, 9.17) is 5.73 Å². The van der Waals surface area contributed by atoms with Gasteiger partial charge in [-0.3, -0.25) is 4.79 Å². The molecule has 1 amide bonds. The highest BCUT2D eigenvalue weighted by atomic mass is 79.9. The Hall–Kier alpha value is -1.65. The van der Waals surface area contributed by atoms with Crippen molar-refractivity contribution in [1.29, 1.82) is 0 Å². The SMILES string of the molecule is Cc1ccc(C(N)C(=O)NCC2(c3ccccc3Br)CC2)cc1. The monoisotopic (exact) mass is 372 g/mol. The first-order chi connectivity index (χ1) is 11.0. The van der Waals surface area contributed by atoms with E-state index in [0.717, 1.165) is 28.4 Å². The number of carbonyl (C=O) groups is 1. The lowest BCUT2D eigenvalue weighted by Crippen LogP contribution is -2.38. The molecule has 2 aromatic carbocycles.